The quantitative estimate of drug-likeness (QED) is 0.553. The lowest BCUT2D eigenvalue weighted by atomic mass is 9.88. The normalized spacial score (nSPS) is 28.4. The molecule has 1 rings (SSSR count). The van der Waals surface area contributed by atoms with Crippen LogP contribution in [0.25, 0.3) is 0 Å². The molecule has 0 saturated heterocycles. The Morgan fingerprint density at radius 2 is 2.30 bits per heavy atom. The van der Waals surface area contributed by atoms with Crippen molar-refractivity contribution in [1.29, 1.82) is 0 Å². The number of hydrogen-bond donors (Lipinski definition) is 2. The van der Waals surface area contributed by atoms with Gasteiger partial charge in [-0.05, 0) is 25.2 Å². The van der Waals surface area contributed by atoms with Gasteiger partial charge in [-0.1, -0.05) is 12.2 Å². The van der Waals surface area contributed by atoms with Crippen molar-refractivity contribution in [3.8, 4) is 0 Å². The summed E-state index contributed by atoms with van der Waals surface area (Å²) in [6.07, 6.45) is 7.95. The standard InChI is InChI=1S/C8H16N2/c9-6-8(10)7-4-2-1-3-5-7/h1-2,7-8H,3-6,9-10H2/t7?,8-/m1/s1. The third-order valence-electron chi connectivity index (χ3n) is 2.19. The molecular formula is C8H16N2. The molecule has 4 N–H and O–H groups in total. The van der Waals surface area contributed by atoms with Crippen LogP contribution in [0.2, 0.25) is 0 Å². The van der Waals surface area contributed by atoms with E-state index in [1.54, 1.807) is 0 Å². The van der Waals surface area contributed by atoms with Crippen molar-refractivity contribution in [2.75, 3.05) is 6.54 Å². The van der Waals surface area contributed by atoms with Crippen LogP contribution in [0.3, 0.4) is 0 Å². The summed E-state index contributed by atoms with van der Waals surface area (Å²) in [7, 11) is 0. The van der Waals surface area contributed by atoms with Gasteiger partial charge in [0.05, 0.1) is 0 Å². The van der Waals surface area contributed by atoms with E-state index in [0.29, 0.717) is 12.5 Å². The van der Waals surface area contributed by atoms with Gasteiger partial charge in [-0.2, -0.15) is 0 Å². The SMILES string of the molecule is NC[C@@H](N)C1CC=CCC1. The fourth-order valence-corrected chi connectivity index (χ4v) is 1.40. The first-order valence-electron chi connectivity index (χ1n) is 3.95. The van der Waals surface area contributed by atoms with Crippen LogP contribution in [0.15, 0.2) is 12.2 Å². The summed E-state index contributed by atoms with van der Waals surface area (Å²) in [6, 6.07) is 0.213. The summed E-state index contributed by atoms with van der Waals surface area (Å²) in [6.45, 7) is 0.624. The van der Waals surface area contributed by atoms with E-state index in [-0.39, 0.29) is 6.04 Å². The summed E-state index contributed by atoms with van der Waals surface area (Å²) in [4.78, 5) is 0. The van der Waals surface area contributed by atoms with Crippen LogP contribution in [0.5, 0.6) is 0 Å². The molecule has 0 aromatic heterocycles. The van der Waals surface area contributed by atoms with Crippen LogP contribution >= 0.6 is 0 Å². The Morgan fingerprint density at radius 3 is 2.80 bits per heavy atom. The third-order valence-corrected chi connectivity index (χ3v) is 2.19. The van der Waals surface area contributed by atoms with Gasteiger partial charge in [0.25, 0.3) is 0 Å². The summed E-state index contributed by atoms with van der Waals surface area (Å²) in [5.74, 6) is 0.634. The van der Waals surface area contributed by atoms with E-state index in [4.69, 9.17) is 11.5 Å². The molecule has 0 aromatic rings. The average molecular weight is 140 g/mol. The fourth-order valence-electron chi connectivity index (χ4n) is 1.40. The van der Waals surface area contributed by atoms with Crippen LogP contribution in [-0.4, -0.2) is 12.6 Å². The van der Waals surface area contributed by atoms with Crippen LogP contribution in [-0.2, 0) is 0 Å². The van der Waals surface area contributed by atoms with Crippen LogP contribution in [0, 0.1) is 5.92 Å². The Balaban J connectivity index is 2.33. The van der Waals surface area contributed by atoms with E-state index in [1.807, 2.05) is 0 Å². The molecule has 0 radical (unpaired) electrons. The fraction of sp³-hybridized carbons (Fsp3) is 0.750. The van der Waals surface area contributed by atoms with Gasteiger partial charge in [0, 0.05) is 12.6 Å². The maximum atomic E-state index is 5.79. The minimum Gasteiger partial charge on any atom is -0.329 e. The largest absolute Gasteiger partial charge is 0.329 e. The molecule has 2 nitrogen and oxygen atoms in total. The van der Waals surface area contributed by atoms with Crippen LogP contribution < -0.4 is 11.5 Å². The molecule has 10 heavy (non-hydrogen) atoms. The van der Waals surface area contributed by atoms with Crippen molar-refractivity contribution in [1.82, 2.24) is 0 Å². The molecule has 0 fully saturated rings. The highest BCUT2D eigenvalue weighted by atomic mass is 14.7. The highest BCUT2D eigenvalue weighted by Crippen LogP contribution is 2.19. The zero-order valence-corrected chi connectivity index (χ0v) is 6.29. The van der Waals surface area contributed by atoms with E-state index in [0.717, 1.165) is 6.42 Å². The Labute approximate surface area is 62.3 Å². The molecule has 58 valence electrons. The lowest BCUT2D eigenvalue weighted by Gasteiger charge is -2.23. The van der Waals surface area contributed by atoms with Gasteiger partial charge in [-0.15, -0.1) is 0 Å². The van der Waals surface area contributed by atoms with Gasteiger partial charge in [0.1, 0.15) is 0 Å². The van der Waals surface area contributed by atoms with Gasteiger partial charge in [-0.25, -0.2) is 0 Å². The second-order valence-electron chi connectivity index (χ2n) is 2.94. The molecular weight excluding hydrogens is 124 g/mol. The first-order chi connectivity index (χ1) is 4.84. The molecule has 0 heterocycles. The predicted molar refractivity (Wildman–Crippen MR) is 43.5 cm³/mol. The molecule has 0 spiro atoms. The maximum Gasteiger partial charge on any atom is 0.0194 e. The smallest absolute Gasteiger partial charge is 0.0194 e. The van der Waals surface area contributed by atoms with Crippen molar-refractivity contribution in [2.45, 2.75) is 25.3 Å². The van der Waals surface area contributed by atoms with Gasteiger partial charge < -0.3 is 11.5 Å². The van der Waals surface area contributed by atoms with Crippen LogP contribution in [0.1, 0.15) is 19.3 Å². The summed E-state index contributed by atoms with van der Waals surface area (Å²) in [5, 5.41) is 0. The molecule has 2 heteroatoms. The third kappa shape index (κ3) is 1.82. The van der Waals surface area contributed by atoms with Crippen molar-refractivity contribution in [3.63, 3.8) is 0 Å². The highest BCUT2D eigenvalue weighted by molar-refractivity contribution is 4.93. The Bertz CT molecular complexity index is 120. The van der Waals surface area contributed by atoms with Crippen molar-refractivity contribution >= 4 is 0 Å². The van der Waals surface area contributed by atoms with Gasteiger partial charge in [0.2, 0.25) is 0 Å². The van der Waals surface area contributed by atoms with Crippen LogP contribution in [0.4, 0.5) is 0 Å². The number of hydrogen-bond acceptors (Lipinski definition) is 2. The molecule has 1 aliphatic rings. The zero-order valence-electron chi connectivity index (χ0n) is 6.29. The first-order valence-corrected chi connectivity index (χ1v) is 3.95. The lowest BCUT2D eigenvalue weighted by Crippen LogP contribution is -2.37. The molecule has 1 unspecified atom stereocenters. The van der Waals surface area contributed by atoms with Crippen molar-refractivity contribution in [3.05, 3.63) is 12.2 Å². The topological polar surface area (TPSA) is 52.0 Å². The van der Waals surface area contributed by atoms with E-state index >= 15 is 0 Å². The minimum atomic E-state index is 0.213. The summed E-state index contributed by atoms with van der Waals surface area (Å²) >= 11 is 0. The second-order valence-corrected chi connectivity index (χ2v) is 2.94. The Morgan fingerprint density at radius 1 is 1.50 bits per heavy atom. The molecule has 0 aliphatic heterocycles. The van der Waals surface area contributed by atoms with Gasteiger partial charge >= 0.3 is 0 Å². The molecule has 1 aliphatic carbocycles. The number of rotatable bonds is 2. The molecule has 0 aromatic carbocycles. The Hall–Kier alpha value is -0.340. The van der Waals surface area contributed by atoms with Crippen molar-refractivity contribution < 1.29 is 0 Å². The maximum absolute atomic E-state index is 5.79. The first kappa shape index (κ1) is 7.76. The molecule has 0 bridgehead atoms. The summed E-state index contributed by atoms with van der Waals surface area (Å²) < 4.78 is 0. The Kier molecular flexibility index (Phi) is 2.90. The van der Waals surface area contributed by atoms with E-state index in [9.17, 15) is 0 Å². The summed E-state index contributed by atoms with van der Waals surface area (Å²) in [5.41, 5.74) is 11.2. The monoisotopic (exact) mass is 140 g/mol. The zero-order chi connectivity index (χ0) is 7.40. The average Bonchev–Trinajstić information content (AvgIpc) is 2.05. The molecule has 0 saturated carbocycles. The number of nitrogens with two attached hydrogens (primary N) is 2. The molecule has 0 amide bonds. The highest BCUT2D eigenvalue weighted by Gasteiger charge is 2.15. The predicted octanol–water partition coefficient (Wildman–Crippen LogP) is 0.629. The van der Waals surface area contributed by atoms with E-state index < -0.39 is 0 Å². The minimum absolute atomic E-state index is 0.213. The lowest BCUT2D eigenvalue weighted by molar-refractivity contribution is 0.394. The van der Waals surface area contributed by atoms with Gasteiger partial charge in [0.15, 0.2) is 0 Å². The van der Waals surface area contributed by atoms with E-state index in [1.165, 1.54) is 12.8 Å². The second kappa shape index (κ2) is 3.74. The number of allylic oxidation sites excluding steroid dienone is 2. The van der Waals surface area contributed by atoms with Gasteiger partial charge in [-0.3, -0.25) is 0 Å². The van der Waals surface area contributed by atoms with Crippen molar-refractivity contribution in [2.24, 2.45) is 17.4 Å². The molecule has 2 atom stereocenters. The van der Waals surface area contributed by atoms with E-state index in [2.05, 4.69) is 12.2 Å².